The third kappa shape index (κ3) is 6.00. The van der Waals surface area contributed by atoms with Gasteiger partial charge in [-0.15, -0.1) is 0 Å². The highest BCUT2D eigenvalue weighted by Gasteiger charge is 2.11. The highest BCUT2D eigenvalue weighted by molar-refractivity contribution is 5.92. The molecule has 0 aliphatic rings. The number of para-hydroxylation sites is 1. The number of rotatable bonds is 5. The number of amides is 1. The highest BCUT2D eigenvalue weighted by atomic mass is 19.4. The van der Waals surface area contributed by atoms with Gasteiger partial charge in [0.25, 0.3) is 5.91 Å². The maximum Gasteiger partial charge on any atom is 0.379 e. The smallest absolute Gasteiger partial charge is 0.379 e. The Labute approximate surface area is 188 Å². The fourth-order valence-electron chi connectivity index (χ4n) is 3.05. The third-order valence-electron chi connectivity index (χ3n) is 4.67. The first-order valence-electron chi connectivity index (χ1n) is 9.86. The summed E-state index contributed by atoms with van der Waals surface area (Å²) >= 11 is 0. The van der Waals surface area contributed by atoms with Crippen molar-refractivity contribution in [1.82, 2.24) is 19.9 Å². The van der Waals surface area contributed by atoms with E-state index in [2.05, 4.69) is 28.6 Å². The molecule has 0 saturated heterocycles. The Kier molecular flexibility index (Phi) is 7.50. The molecule has 2 N–H and O–H groups in total. The molecule has 0 aliphatic carbocycles. The number of carbonyl (C=O) groups is 1. The maximum absolute atomic E-state index is 11.8. The van der Waals surface area contributed by atoms with Gasteiger partial charge in [-0.25, -0.2) is 4.98 Å². The number of nitrogens with zero attached hydrogens (tertiary/aromatic N) is 3. The van der Waals surface area contributed by atoms with Gasteiger partial charge in [-0.05, 0) is 36.8 Å². The Morgan fingerprint density at radius 2 is 1.76 bits per heavy atom. The molecule has 4 rings (SSSR count). The molecule has 4 aromatic rings. The largest absolute Gasteiger partial charge is 0.457 e. The van der Waals surface area contributed by atoms with E-state index in [1.165, 1.54) is 0 Å². The Hall–Kier alpha value is -4.08. The molecule has 0 spiro atoms. The van der Waals surface area contributed by atoms with Gasteiger partial charge in [0.15, 0.2) is 0 Å². The Morgan fingerprint density at radius 1 is 1.06 bits per heavy atom. The zero-order chi connectivity index (χ0) is 24.0. The molecular weight excluding hydrogens is 435 g/mol. The van der Waals surface area contributed by atoms with E-state index in [0.29, 0.717) is 17.2 Å². The number of aromatic nitrogens is 3. The number of carbonyl (C=O) groups excluding carboxylic acids is 1. The molecule has 0 unspecified atom stereocenters. The number of ether oxygens (including phenoxy) is 1. The number of benzene rings is 2. The molecule has 0 saturated carbocycles. The Bertz CT molecular complexity index is 1260. The van der Waals surface area contributed by atoms with Gasteiger partial charge < -0.3 is 19.9 Å². The number of aryl methyl sites for hydroxylation is 2. The zero-order valence-electron chi connectivity index (χ0n) is 18.1. The summed E-state index contributed by atoms with van der Waals surface area (Å²) in [5.41, 5.74) is 4.25. The number of alkyl halides is 3. The number of halogens is 3. The quantitative estimate of drug-likeness (QED) is 0.422. The molecule has 0 bridgehead atoms. The minimum absolute atomic E-state index is 0.262. The molecule has 2 heterocycles. The van der Waals surface area contributed by atoms with E-state index in [-0.39, 0.29) is 5.91 Å². The molecule has 7 nitrogen and oxygen atoms in total. The average Bonchev–Trinajstić information content (AvgIpc) is 3.09. The molecule has 2 aromatic carbocycles. The van der Waals surface area contributed by atoms with Crippen molar-refractivity contribution >= 4 is 28.6 Å². The molecule has 1 amide bonds. The summed E-state index contributed by atoms with van der Waals surface area (Å²) in [5, 5.41) is 5.94. The Morgan fingerprint density at radius 3 is 2.45 bits per heavy atom. The third-order valence-corrected chi connectivity index (χ3v) is 4.67. The minimum Gasteiger partial charge on any atom is -0.457 e. The van der Waals surface area contributed by atoms with E-state index in [1.54, 1.807) is 25.4 Å². The van der Waals surface area contributed by atoms with Crippen molar-refractivity contribution in [3.63, 3.8) is 0 Å². The van der Waals surface area contributed by atoms with Gasteiger partial charge in [0, 0.05) is 38.1 Å². The number of anilines is 2. The molecule has 0 radical (unpaired) electrons. The zero-order valence-corrected chi connectivity index (χ0v) is 18.1. The second kappa shape index (κ2) is 10.5. The molecular formula is C23H22F3N5O2. The van der Waals surface area contributed by atoms with E-state index in [1.807, 2.05) is 48.0 Å². The fraction of sp³-hybridized carbons (Fsp3) is 0.174. The van der Waals surface area contributed by atoms with Gasteiger partial charge in [0.05, 0.1) is 11.0 Å². The molecule has 10 heteroatoms. The van der Waals surface area contributed by atoms with E-state index >= 15 is 0 Å². The summed E-state index contributed by atoms with van der Waals surface area (Å²) < 4.78 is 36.9. The molecule has 33 heavy (non-hydrogen) atoms. The van der Waals surface area contributed by atoms with Crippen LogP contribution in [0.4, 0.5) is 24.8 Å². The number of pyridine rings is 1. The summed E-state index contributed by atoms with van der Waals surface area (Å²) in [7, 11) is 3.53. The van der Waals surface area contributed by atoms with Crippen LogP contribution in [0.3, 0.4) is 0 Å². The molecule has 172 valence electrons. The molecule has 0 atom stereocenters. The van der Waals surface area contributed by atoms with Crippen molar-refractivity contribution < 1.29 is 22.7 Å². The normalized spacial score (nSPS) is 10.5. The van der Waals surface area contributed by atoms with Gasteiger partial charge in [-0.3, -0.25) is 9.78 Å². The van der Waals surface area contributed by atoms with Gasteiger partial charge in [-0.2, -0.15) is 13.2 Å². The van der Waals surface area contributed by atoms with Crippen molar-refractivity contribution in [2.24, 2.45) is 7.05 Å². The second-order valence-corrected chi connectivity index (χ2v) is 6.89. The van der Waals surface area contributed by atoms with Crippen molar-refractivity contribution in [1.29, 1.82) is 0 Å². The summed E-state index contributed by atoms with van der Waals surface area (Å²) in [5.74, 6) is 1.65. The van der Waals surface area contributed by atoms with E-state index in [4.69, 9.17) is 9.72 Å². The van der Waals surface area contributed by atoms with Crippen LogP contribution in [0.1, 0.15) is 16.1 Å². The van der Waals surface area contributed by atoms with Crippen LogP contribution >= 0.6 is 0 Å². The van der Waals surface area contributed by atoms with E-state index < -0.39 is 6.68 Å². The lowest BCUT2D eigenvalue weighted by molar-refractivity contribution is 0.00818. The Balaban J connectivity index is 0.000000709. The van der Waals surface area contributed by atoms with Gasteiger partial charge >= 0.3 is 6.68 Å². The first kappa shape index (κ1) is 23.6. The number of hydrogen-bond donors (Lipinski definition) is 2. The van der Waals surface area contributed by atoms with Crippen LogP contribution < -0.4 is 15.4 Å². The number of imidazole rings is 1. The molecule has 2 aromatic heterocycles. The van der Waals surface area contributed by atoms with Gasteiger partial charge in [0.1, 0.15) is 17.2 Å². The van der Waals surface area contributed by atoms with Gasteiger partial charge in [-0.1, -0.05) is 18.2 Å². The van der Waals surface area contributed by atoms with Crippen LogP contribution in [0, 0.1) is 6.92 Å². The number of fused-ring (bicyclic) bond motifs is 1. The summed E-state index contributed by atoms with van der Waals surface area (Å²) in [6.45, 7) is -1.61. The van der Waals surface area contributed by atoms with Crippen molar-refractivity contribution in [3.8, 4) is 11.5 Å². The topological polar surface area (TPSA) is 81.1 Å². The lowest BCUT2D eigenvalue weighted by atomic mass is 10.2. The fourth-order valence-corrected chi connectivity index (χ4v) is 3.05. The van der Waals surface area contributed by atoms with Crippen LogP contribution in [-0.2, 0) is 7.05 Å². The lowest BCUT2D eigenvalue weighted by Gasteiger charge is -2.08. The average molecular weight is 457 g/mol. The first-order chi connectivity index (χ1) is 15.8. The maximum atomic E-state index is 11.8. The van der Waals surface area contributed by atoms with Crippen LogP contribution in [0.5, 0.6) is 11.5 Å². The number of hydrogen-bond acceptors (Lipinski definition) is 5. The summed E-state index contributed by atoms with van der Waals surface area (Å²) in [6.07, 6.45) is 1.55. The highest BCUT2D eigenvalue weighted by Crippen LogP contribution is 2.28. The second-order valence-electron chi connectivity index (χ2n) is 6.89. The van der Waals surface area contributed by atoms with Crippen LogP contribution in [0.15, 0.2) is 60.8 Å². The summed E-state index contributed by atoms with van der Waals surface area (Å²) in [6, 6.07) is 17.1. The predicted octanol–water partition coefficient (Wildman–Crippen LogP) is 5.35. The monoisotopic (exact) mass is 457 g/mol. The van der Waals surface area contributed by atoms with Crippen molar-refractivity contribution in [2.75, 3.05) is 12.4 Å². The molecule has 0 fully saturated rings. The van der Waals surface area contributed by atoms with Gasteiger partial charge in [0.2, 0.25) is 5.95 Å². The SMILES string of the molecule is CNC(=O)c1cc(Oc2ccc3c(c2)nc(Nc2ccccc2C)n3C)ccn1.FC(F)F. The van der Waals surface area contributed by atoms with Crippen LogP contribution in [0.2, 0.25) is 0 Å². The lowest BCUT2D eigenvalue weighted by Crippen LogP contribution is -2.18. The summed E-state index contributed by atoms with van der Waals surface area (Å²) in [4.78, 5) is 20.5. The standard InChI is InChI=1S/C22H21N5O2.CHF3/c1-14-6-4-5-7-17(14)25-22-26-18-12-15(8-9-20(18)27(22)3)29-16-10-11-24-19(13-16)21(28)23-2;2-1(3)4/h4-13H,1-3H3,(H,23,28)(H,25,26);1H. The van der Waals surface area contributed by atoms with Crippen molar-refractivity contribution in [2.45, 2.75) is 13.6 Å². The number of nitrogens with one attached hydrogen (secondary N) is 2. The molecule has 0 aliphatic heterocycles. The first-order valence-corrected chi connectivity index (χ1v) is 9.86. The van der Waals surface area contributed by atoms with E-state index in [9.17, 15) is 18.0 Å². The van der Waals surface area contributed by atoms with Crippen LogP contribution in [-0.4, -0.2) is 34.2 Å². The minimum atomic E-state index is -3.67. The van der Waals surface area contributed by atoms with E-state index in [0.717, 1.165) is 28.2 Å². The predicted molar refractivity (Wildman–Crippen MR) is 120 cm³/mol. The van der Waals surface area contributed by atoms with Crippen LogP contribution in [0.25, 0.3) is 11.0 Å². The van der Waals surface area contributed by atoms with Crippen molar-refractivity contribution in [3.05, 3.63) is 72.1 Å².